The van der Waals surface area contributed by atoms with Gasteiger partial charge in [0.25, 0.3) is 0 Å². The van der Waals surface area contributed by atoms with Crippen molar-refractivity contribution in [3.05, 3.63) is 95.4 Å². The lowest BCUT2D eigenvalue weighted by molar-refractivity contribution is -0.133. The molecule has 0 radical (unpaired) electrons. The topological polar surface area (TPSA) is 77.1 Å². The summed E-state index contributed by atoms with van der Waals surface area (Å²) < 4.78 is 43.2. The summed E-state index contributed by atoms with van der Waals surface area (Å²) in [6.07, 6.45) is 1.67. The minimum Gasteiger partial charge on any atom is -0.368 e. The van der Waals surface area contributed by atoms with Crippen molar-refractivity contribution in [2.24, 2.45) is 0 Å². The first-order chi connectivity index (χ1) is 20.6. The smallest absolute Gasteiger partial charge is 0.246 e. The van der Waals surface area contributed by atoms with E-state index in [1.807, 2.05) is 22.8 Å². The number of sulfonamides is 1. The van der Waals surface area contributed by atoms with Crippen molar-refractivity contribution in [2.45, 2.75) is 31.7 Å². The van der Waals surface area contributed by atoms with Gasteiger partial charge in [-0.25, -0.2) is 12.8 Å². The summed E-state index contributed by atoms with van der Waals surface area (Å²) in [6.45, 7) is 8.93. The predicted molar refractivity (Wildman–Crippen MR) is 167 cm³/mol. The van der Waals surface area contributed by atoms with Crippen molar-refractivity contribution < 1.29 is 17.6 Å². The molecule has 8 nitrogen and oxygen atoms in total. The van der Waals surface area contributed by atoms with E-state index in [9.17, 15) is 17.6 Å². The van der Waals surface area contributed by atoms with Crippen LogP contribution >= 0.6 is 0 Å². The van der Waals surface area contributed by atoms with Crippen molar-refractivity contribution >= 4 is 38.2 Å². The lowest BCUT2D eigenvalue weighted by Crippen LogP contribution is -2.62. The molecule has 3 aromatic carbocycles. The Labute approximate surface area is 252 Å². The third kappa shape index (κ3) is 5.69. The Bertz CT molecular complexity index is 1790. The Morgan fingerprint density at radius 2 is 1.63 bits per heavy atom. The third-order valence-corrected chi connectivity index (χ3v) is 10.5. The van der Waals surface area contributed by atoms with Crippen molar-refractivity contribution in [2.75, 3.05) is 55.6 Å². The van der Waals surface area contributed by atoms with Gasteiger partial charge >= 0.3 is 0 Å². The average Bonchev–Trinajstić information content (AvgIpc) is 3.01. The number of anilines is 2. The second-order valence-corrected chi connectivity index (χ2v) is 13.4. The van der Waals surface area contributed by atoms with Crippen molar-refractivity contribution in [1.29, 1.82) is 0 Å². The fourth-order valence-corrected chi connectivity index (χ4v) is 7.69. The van der Waals surface area contributed by atoms with Gasteiger partial charge < -0.3 is 14.7 Å². The van der Waals surface area contributed by atoms with Gasteiger partial charge in [0.1, 0.15) is 11.9 Å². The Morgan fingerprint density at radius 1 is 0.837 bits per heavy atom. The number of aryl methyl sites for hydroxylation is 3. The van der Waals surface area contributed by atoms with Crippen LogP contribution in [0.3, 0.4) is 0 Å². The highest BCUT2D eigenvalue weighted by Crippen LogP contribution is 2.30. The van der Waals surface area contributed by atoms with Crippen LogP contribution in [-0.4, -0.2) is 80.4 Å². The molecular formula is C33H36FN5O3S. The van der Waals surface area contributed by atoms with Gasteiger partial charge in [-0.05, 0) is 86.0 Å². The number of nitrogens with zero attached hydrogens (tertiary/aromatic N) is 5. The molecule has 1 aromatic heterocycles. The first kappa shape index (κ1) is 29.1. The van der Waals surface area contributed by atoms with Gasteiger partial charge in [0.2, 0.25) is 15.9 Å². The molecule has 4 aromatic rings. The molecule has 10 heteroatoms. The maximum absolute atomic E-state index is 14.2. The summed E-state index contributed by atoms with van der Waals surface area (Å²) in [5.74, 6) is -0.467. The van der Waals surface area contributed by atoms with Crippen molar-refractivity contribution in [3.63, 3.8) is 0 Å². The van der Waals surface area contributed by atoms with E-state index in [2.05, 4.69) is 41.9 Å². The van der Waals surface area contributed by atoms with Gasteiger partial charge in [0.15, 0.2) is 0 Å². The number of halogens is 1. The fourth-order valence-electron chi connectivity index (χ4n) is 6.22. The largest absolute Gasteiger partial charge is 0.368 e. The van der Waals surface area contributed by atoms with Crippen LogP contribution in [0.1, 0.15) is 16.7 Å². The summed E-state index contributed by atoms with van der Waals surface area (Å²) >= 11 is 0. The number of benzene rings is 3. The summed E-state index contributed by atoms with van der Waals surface area (Å²) in [7, 11) is -3.89. The van der Waals surface area contributed by atoms with Crippen LogP contribution in [0.15, 0.2) is 77.8 Å². The molecule has 1 unspecified atom stereocenters. The number of amides is 1. The maximum Gasteiger partial charge on any atom is 0.246 e. The number of fused-ring (bicyclic) bond motifs is 1. The summed E-state index contributed by atoms with van der Waals surface area (Å²) in [5, 5.41) is 0.735. The zero-order valence-electron chi connectivity index (χ0n) is 24.7. The standard InChI is InChI=1S/C33H36FN5O3S/c1-23-6-7-24(2)31(19-23)36-13-15-37(16-14-36)33(40)32-22-38(17-18-39(32)30-11-8-27(34)20-25(30)3)43(41,42)28-9-10-29-26(21-28)5-4-12-35-29/h4-12,19-21,32H,13-18,22H2,1-3H3. The molecule has 0 N–H and O–H groups in total. The van der Waals surface area contributed by atoms with Gasteiger partial charge in [-0.15, -0.1) is 0 Å². The SMILES string of the molecule is Cc1ccc(C)c(N2CCN(C(=O)C3CN(S(=O)(=O)c4ccc5ncccc5c4)CCN3c3ccc(F)cc3C)CC2)c1. The second-order valence-electron chi connectivity index (χ2n) is 11.5. The molecular weight excluding hydrogens is 565 g/mol. The number of rotatable bonds is 5. The van der Waals surface area contributed by atoms with Crippen molar-refractivity contribution in [1.82, 2.24) is 14.2 Å². The molecule has 1 amide bonds. The van der Waals surface area contributed by atoms with Gasteiger partial charge in [0, 0.05) is 68.8 Å². The zero-order valence-corrected chi connectivity index (χ0v) is 25.5. The number of carbonyl (C=O) groups excluding carboxylic acids is 1. The van der Waals surface area contributed by atoms with E-state index in [4.69, 9.17) is 0 Å². The minimum atomic E-state index is -3.89. The number of hydrogen-bond donors (Lipinski definition) is 0. The van der Waals surface area contributed by atoms with Gasteiger partial charge in [-0.3, -0.25) is 9.78 Å². The molecule has 224 valence electrons. The van der Waals surface area contributed by atoms with Crippen LogP contribution in [-0.2, 0) is 14.8 Å². The lowest BCUT2D eigenvalue weighted by Gasteiger charge is -2.45. The van der Waals surface area contributed by atoms with Crippen LogP contribution in [0.4, 0.5) is 15.8 Å². The summed E-state index contributed by atoms with van der Waals surface area (Å²) in [6, 6.07) is 18.7. The molecule has 1 atom stereocenters. The predicted octanol–water partition coefficient (Wildman–Crippen LogP) is 4.53. The molecule has 3 heterocycles. The van der Waals surface area contributed by atoms with E-state index < -0.39 is 16.1 Å². The number of carbonyl (C=O) groups is 1. The maximum atomic E-state index is 14.2. The second kappa shape index (κ2) is 11.6. The number of aromatic nitrogens is 1. The van der Waals surface area contributed by atoms with Gasteiger partial charge in [-0.2, -0.15) is 4.31 Å². The van der Waals surface area contributed by atoms with Gasteiger partial charge in [0.05, 0.1) is 10.4 Å². The van der Waals surface area contributed by atoms with E-state index >= 15 is 0 Å². The molecule has 2 saturated heterocycles. The normalized spacial score (nSPS) is 18.3. The zero-order chi connectivity index (χ0) is 30.3. The van der Waals surface area contributed by atoms with Crippen LogP contribution < -0.4 is 9.80 Å². The first-order valence-electron chi connectivity index (χ1n) is 14.6. The monoisotopic (exact) mass is 601 g/mol. The number of piperazine rings is 2. The highest BCUT2D eigenvalue weighted by molar-refractivity contribution is 7.89. The first-order valence-corrected chi connectivity index (χ1v) is 16.0. The highest BCUT2D eigenvalue weighted by atomic mass is 32.2. The quantitative estimate of drug-likeness (QED) is 0.335. The Balaban J connectivity index is 1.27. The average molecular weight is 602 g/mol. The molecule has 2 aliphatic heterocycles. The molecule has 43 heavy (non-hydrogen) atoms. The minimum absolute atomic E-state index is 0.000260. The highest BCUT2D eigenvalue weighted by Gasteiger charge is 2.40. The fraction of sp³-hybridized carbons (Fsp3) is 0.333. The van der Waals surface area contributed by atoms with Crippen LogP contribution in [0.5, 0.6) is 0 Å². The van der Waals surface area contributed by atoms with Crippen LogP contribution in [0.2, 0.25) is 0 Å². The van der Waals surface area contributed by atoms with Gasteiger partial charge in [-0.1, -0.05) is 18.2 Å². The van der Waals surface area contributed by atoms with Crippen molar-refractivity contribution in [3.8, 4) is 0 Å². The molecule has 0 saturated carbocycles. The van der Waals surface area contributed by atoms with E-state index in [-0.39, 0.29) is 29.7 Å². The van der Waals surface area contributed by atoms with E-state index in [0.29, 0.717) is 43.8 Å². The van der Waals surface area contributed by atoms with Crippen LogP contribution in [0, 0.1) is 26.6 Å². The van der Waals surface area contributed by atoms with Crippen LogP contribution in [0.25, 0.3) is 10.9 Å². The Kier molecular flexibility index (Phi) is 7.83. The molecule has 2 fully saturated rings. The Hall–Kier alpha value is -4.02. The number of hydrogen-bond acceptors (Lipinski definition) is 6. The number of pyridine rings is 1. The molecule has 0 bridgehead atoms. The van der Waals surface area contributed by atoms with E-state index in [0.717, 1.165) is 11.1 Å². The lowest BCUT2D eigenvalue weighted by atomic mass is 10.1. The molecule has 2 aliphatic rings. The molecule has 0 aliphatic carbocycles. The molecule has 0 spiro atoms. The third-order valence-electron chi connectivity index (χ3n) is 8.61. The molecule has 6 rings (SSSR count). The van der Waals surface area contributed by atoms with E-state index in [1.54, 1.807) is 36.5 Å². The summed E-state index contributed by atoms with van der Waals surface area (Å²) in [4.78, 5) is 24.8. The van der Waals surface area contributed by atoms with E-state index in [1.165, 1.54) is 33.3 Å². The Morgan fingerprint density at radius 3 is 2.40 bits per heavy atom. The summed E-state index contributed by atoms with van der Waals surface area (Å²) in [5.41, 5.74) is 5.72.